The number of rotatable bonds is 1. The molecular formula is C16H12ClNO. The quantitative estimate of drug-likeness (QED) is 0.766. The number of hydrogen-bond donors (Lipinski definition) is 0. The fourth-order valence-corrected chi connectivity index (χ4v) is 2.32. The summed E-state index contributed by atoms with van der Waals surface area (Å²) in [5.74, 6) is -0.00605. The van der Waals surface area contributed by atoms with Crippen LogP contribution in [0.4, 0.5) is 5.69 Å². The van der Waals surface area contributed by atoms with Gasteiger partial charge in [-0.1, -0.05) is 42.0 Å². The number of anilines is 1. The fourth-order valence-electron chi connectivity index (χ4n) is 2.20. The van der Waals surface area contributed by atoms with Gasteiger partial charge in [0, 0.05) is 17.1 Å². The summed E-state index contributed by atoms with van der Waals surface area (Å²) in [6.45, 7) is 0.596. The number of fused-ring (bicyclic) bond motifs is 1. The average Bonchev–Trinajstić information content (AvgIpc) is 2.47. The normalized spacial score (nSPS) is 13.2. The molecule has 1 aliphatic rings. The van der Waals surface area contributed by atoms with E-state index in [2.05, 4.69) is 0 Å². The van der Waals surface area contributed by atoms with Crippen molar-refractivity contribution in [3.8, 4) is 0 Å². The van der Waals surface area contributed by atoms with Crippen molar-refractivity contribution in [1.29, 1.82) is 0 Å². The van der Waals surface area contributed by atoms with Crippen molar-refractivity contribution in [3.05, 3.63) is 70.8 Å². The van der Waals surface area contributed by atoms with E-state index in [1.807, 2.05) is 36.4 Å². The molecule has 0 unspecified atom stereocenters. The fraction of sp³-hybridized carbons (Fsp3) is 0.0625. The van der Waals surface area contributed by atoms with E-state index in [4.69, 9.17) is 11.6 Å². The second-order valence-electron chi connectivity index (χ2n) is 4.38. The molecule has 0 aromatic heterocycles. The molecule has 0 fully saturated rings. The highest BCUT2D eigenvalue weighted by molar-refractivity contribution is 6.30. The Morgan fingerprint density at radius 2 is 1.79 bits per heavy atom. The number of carbonyl (C=O) groups is 1. The molecule has 0 bridgehead atoms. The maximum Gasteiger partial charge on any atom is 0.258 e. The van der Waals surface area contributed by atoms with E-state index in [-0.39, 0.29) is 5.91 Å². The number of hydrogen-bond acceptors (Lipinski definition) is 1. The van der Waals surface area contributed by atoms with Crippen molar-refractivity contribution in [1.82, 2.24) is 0 Å². The third-order valence-corrected chi connectivity index (χ3v) is 3.40. The molecule has 0 aliphatic carbocycles. The Bertz CT molecular complexity index is 646. The van der Waals surface area contributed by atoms with E-state index in [1.165, 1.54) is 0 Å². The molecule has 19 heavy (non-hydrogen) atoms. The molecule has 3 rings (SSSR count). The molecule has 3 heteroatoms. The van der Waals surface area contributed by atoms with Crippen LogP contribution in [0.1, 0.15) is 15.9 Å². The third-order valence-electron chi connectivity index (χ3n) is 3.15. The highest BCUT2D eigenvalue weighted by Gasteiger charge is 2.20. The monoisotopic (exact) mass is 269 g/mol. The van der Waals surface area contributed by atoms with Crippen molar-refractivity contribution < 1.29 is 4.79 Å². The number of carbonyl (C=O) groups excluding carboxylic acids is 1. The van der Waals surface area contributed by atoms with Crippen LogP contribution >= 0.6 is 11.6 Å². The molecular weight excluding hydrogens is 258 g/mol. The first kappa shape index (κ1) is 12.0. The summed E-state index contributed by atoms with van der Waals surface area (Å²) in [7, 11) is 0. The molecule has 0 saturated carbocycles. The Balaban J connectivity index is 1.97. The zero-order valence-corrected chi connectivity index (χ0v) is 11.0. The van der Waals surface area contributed by atoms with Crippen molar-refractivity contribution in [3.63, 3.8) is 0 Å². The Morgan fingerprint density at radius 1 is 1.05 bits per heavy atom. The first-order chi connectivity index (χ1) is 9.25. The third kappa shape index (κ3) is 2.27. The molecule has 2 aromatic carbocycles. The summed E-state index contributed by atoms with van der Waals surface area (Å²) in [5.41, 5.74) is 2.66. The molecule has 0 saturated heterocycles. The van der Waals surface area contributed by atoms with Crippen molar-refractivity contribution in [2.24, 2.45) is 0 Å². The van der Waals surface area contributed by atoms with Crippen molar-refractivity contribution in [2.45, 2.75) is 0 Å². The molecule has 94 valence electrons. The van der Waals surface area contributed by atoms with Gasteiger partial charge in [-0.2, -0.15) is 0 Å². The lowest BCUT2D eigenvalue weighted by molar-refractivity contribution is 0.0989. The number of para-hydroxylation sites is 1. The summed E-state index contributed by atoms with van der Waals surface area (Å²) >= 11 is 5.85. The minimum absolute atomic E-state index is 0.00605. The van der Waals surface area contributed by atoms with Crippen LogP contribution in [0.5, 0.6) is 0 Å². The first-order valence-corrected chi connectivity index (χ1v) is 6.46. The smallest absolute Gasteiger partial charge is 0.258 e. The zero-order valence-electron chi connectivity index (χ0n) is 10.2. The maximum atomic E-state index is 12.5. The first-order valence-electron chi connectivity index (χ1n) is 6.09. The molecule has 0 N–H and O–H groups in total. The second-order valence-corrected chi connectivity index (χ2v) is 4.82. The van der Waals surface area contributed by atoms with Crippen LogP contribution < -0.4 is 4.90 Å². The van der Waals surface area contributed by atoms with Gasteiger partial charge in [-0.3, -0.25) is 4.79 Å². The van der Waals surface area contributed by atoms with Gasteiger partial charge in [0.15, 0.2) is 0 Å². The van der Waals surface area contributed by atoms with Gasteiger partial charge in [0.25, 0.3) is 5.91 Å². The summed E-state index contributed by atoms with van der Waals surface area (Å²) in [6, 6.07) is 14.9. The molecule has 0 radical (unpaired) electrons. The lowest BCUT2D eigenvalue weighted by Crippen LogP contribution is -2.32. The van der Waals surface area contributed by atoms with Gasteiger partial charge >= 0.3 is 0 Å². The van der Waals surface area contributed by atoms with E-state index in [0.717, 1.165) is 11.3 Å². The second kappa shape index (κ2) is 4.90. The summed E-state index contributed by atoms with van der Waals surface area (Å²) in [4.78, 5) is 14.3. The van der Waals surface area contributed by atoms with Crippen LogP contribution in [0.3, 0.4) is 0 Å². The predicted octanol–water partition coefficient (Wildman–Crippen LogP) is 4.01. The molecule has 2 nitrogen and oxygen atoms in total. The Morgan fingerprint density at radius 3 is 2.58 bits per heavy atom. The van der Waals surface area contributed by atoms with Crippen LogP contribution in [0.15, 0.2) is 54.6 Å². The number of benzene rings is 2. The van der Waals surface area contributed by atoms with Crippen LogP contribution in [-0.2, 0) is 0 Å². The number of amides is 1. The zero-order chi connectivity index (χ0) is 13.2. The van der Waals surface area contributed by atoms with Gasteiger partial charge < -0.3 is 4.90 Å². The van der Waals surface area contributed by atoms with Crippen LogP contribution in [-0.4, -0.2) is 12.5 Å². The summed E-state index contributed by atoms with van der Waals surface area (Å²) in [6.07, 6.45) is 4.04. The minimum Gasteiger partial charge on any atom is -0.304 e. The molecule has 1 aliphatic heterocycles. The lowest BCUT2D eigenvalue weighted by atomic mass is 10.1. The lowest BCUT2D eigenvalue weighted by Gasteiger charge is -2.26. The maximum absolute atomic E-state index is 12.5. The Hall–Kier alpha value is -2.06. The topological polar surface area (TPSA) is 20.3 Å². The molecule has 0 spiro atoms. The van der Waals surface area contributed by atoms with Gasteiger partial charge in [0.2, 0.25) is 0 Å². The standard InChI is InChI=1S/C16H12ClNO/c17-14-9-7-13(8-10-14)16(19)18-11-3-5-12-4-1-2-6-15(12)18/h1-10H,11H2. The average molecular weight is 270 g/mol. The molecule has 0 atom stereocenters. The van der Waals surface area contributed by atoms with Gasteiger partial charge in [-0.25, -0.2) is 0 Å². The molecule has 1 amide bonds. The van der Waals surface area contributed by atoms with E-state index >= 15 is 0 Å². The highest BCUT2D eigenvalue weighted by Crippen LogP contribution is 2.27. The minimum atomic E-state index is -0.00605. The molecule has 2 aromatic rings. The highest BCUT2D eigenvalue weighted by atomic mass is 35.5. The van der Waals surface area contributed by atoms with E-state index in [0.29, 0.717) is 17.1 Å². The van der Waals surface area contributed by atoms with Crippen molar-refractivity contribution in [2.75, 3.05) is 11.4 Å². The van der Waals surface area contributed by atoms with E-state index in [9.17, 15) is 4.79 Å². The van der Waals surface area contributed by atoms with Gasteiger partial charge in [0.1, 0.15) is 0 Å². The number of nitrogens with zero attached hydrogens (tertiary/aromatic N) is 1. The van der Waals surface area contributed by atoms with Gasteiger partial charge in [0.05, 0.1) is 5.69 Å². The predicted molar refractivity (Wildman–Crippen MR) is 78.6 cm³/mol. The molecule has 1 heterocycles. The summed E-state index contributed by atoms with van der Waals surface area (Å²) < 4.78 is 0. The van der Waals surface area contributed by atoms with E-state index < -0.39 is 0 Å². The van der Waals surface area contributed by atoms with Gasteiger partial charge in [-0.05, 0) is 35.9 Å². The number of halogens is 1. The summed E-state index contributed by atoms with van der Waals surface area (Å²) in [5, 5.41) is 0.635. The van der Waals surface area contributed by atoms with Gasteiger partial charge in [-0.15, -0.1) is 0 Å². The largest absolute Gasteiger partial charge is 0.304 e. The Labute approximate surface area is 116 Å². The Kier molecular flexibility index (Phi) is 3.10. The SMILES string of the molecule is O=C(c1ccc(Cl)cc1)N1CC=Cc2ccccc21. The van der Waals surface area contributed by atoms with Crippen LogP contribution in [0.25, 0.3) is 6.08 Å². The van der Waals surface area contributed by atoms with Crippen LogP contribution in [0.2, 0.25) is 5.02 Å². The van der Waals surface area contributed by atoms with Crippen LogP contribution in [0, 0.1) is 0 Å². The van der Waals surface area contributed by atoms with Crippen molar-refractivity contribution >= 4 is 29.3 Å². The van der Waals surface area contributed by atoms with E-state index in [1.54, 1.807) is 29.2 Å².